The molecule has 4 aromatic rings. The van der Waals surface area contributed by atoms with Crippen molar-refractivity contribution in [2.24, 2.45) is 0 Å². The molecule has 0 saturated heterocycles. The first kappa shape index (κ1) is 22.4. The molecule has 7 nitrogen and oxygen atoms in total. The molecule has 33 heavy (non-hydrogen) atoms. The minimum Gasteiger partial charge on any atom is -0.497 e. The Labute approximate surface area is 196 Å². The molecule has 0 spiro atoms. The van der Waals surface area contributed by atoms with Gasteiger partial charge in [-0.2, -0.15) is 0 Å². The number of benzene rings is 3. The highest BCUT2D eigenvalue weighted by Crippen LogP contribution is 2.30. The monoisotopic (exact) mass is 460 g/mol. The maximum atomic E-state index is 12.5. The van der Waals surface area contributed by atoms with E-state index in [1.807, 2.05) is 83.4 Å². The standard InChI is InChI=1S/C25H24N4O3S/c1-31-21-13-11-20(12-14-21)29-24(19-9-6-10-22(15-19)32-2)27-28-25(29)33-17-23(30)26-16-18-7-4-3-5-8-18/h3-15H,16-17H2,1-2H3,(H,26,30). The van der Waals surface area contributed by atoms with Crippen molar-refractivity contribution in [2.45, 2.75) is 11.7 Å². The van der Waals surface area contributed by atoms with Gasteiger partial charge in [-0.3, -0.25) is 9.36 Å². The molecule has 4 rings (SSSR count). The highest BCUT2D eigenvalue weighted by molar-refractivity contribution is 7.99. The van der Waals surface area contributed by atoms with Crippen molar-refractivity contribution in [1.82, 2.24) is 20.1 Å². The zero-order valence-electron chi connectivity index (χ0n) is 18.4. The quantitative estimate of drug-likeness (QED) is 0.374. The molecule has 0 radical (unpaired) electrons. The molecule has 1 amide bonds. The number of ether oxygens (including phenoxy) is 2. The first-order valence-electron chi connectivity index (χ1n) is 10.4. The molecule has 0 aliphatic rings. The van der Waals surface area contributed by atoms with Crippen molar-refractivity contribution < 1.29 is 14.3 Å². The average molecular weight is 461 g/mol. The Bertz CT molecular complexity index is 1210. The van der Waals surface area contributed by atoms with Gasteiger partial charge < -0.3 is 14.8 Å². The van der Waals surface area contributed by atoms with E-state index < -0.39 is 0 Å². The second-order valence-electron chi connectivity index (χ2n) is 7.12. The van der Waals surface area contributed by atoms with Gasteiger partial charge in [0.05, 0.1) is 20.0 Å². The van der Waals surface area contributed by atoms with Crippen LogP contribution < -0.4 is 14.8 Å². The fraction of sp³-hybridized carbons (Fsp3) is 0.160. The fourth-order valence-corrected chi connectivity index (χ4v) is 4.04. The molecule has 3 aromatic carbocycles. The third-order valence-corrected chi connectivity index (χ3v) is 5.89. The number of nitrogens with one attached hydrogen (secondary N) is 1. The summed E-state index contributed by atoms with van der Waals surface area (Å²) in [6.45, 7) is 0.487. The van der Waals surface area contributed by atoms with Crippen molar-refractivity contribution >= 4 is 17.7 Å². The molecule has 1 N–H and O–H groups in total. The Morgan fingerprint density at radius 3 is 2.39 bits per heavy atom. The molecule has 168 valence electrons. The Kier molecular flexibility index (Phi) is 7.26. The Balaban J connectivity index is 1.57. The first-order valence-corrected chi connectivity index (χ1v) is 11.3. The minimum atomic E-state index is -0.0731. The van der Waals surface area contributed by atoms with Gasteiger partial charge in [-0.25, -0.2) is 0 Å². The number of amides is 1. The summed E-state index contributed by atoms with van der Waals surface area (Å²) in [6, 6.07) is 25.1. The van der Waals surface area contributed by atoms with Crippen LogP contribution in [-0.4, -0.2) is 40.6 Å². The summed E-state index contributed by atoms with van der Waals surface area (Å²) in [6.07, 6.45) is 0. The second kappa shape index (κ2) is 10.7. The summed E-state index contributed by atoms with van der Waals surface area (Å²) in [5.41, 5.74) is 2.78. The van der Waals surface area contributed by atoms with Crippen LogP contribution in [0.1, 0.15) is 5.56 Å². The van der Waals surface area contributed by atoms with Crippen LogP contribution >= 0.6 is 11.8 Å². The maximum absolute atomic E-state index is 12.5. The first-order chi connectivity index (χ1) is 16.2. The van der Waals surface area contributed by atoms with Gasteiger partial charge in [-0.1, -0.05) is 54.2 Å². The van der Waals surface area contributed by atoms with Gasteiger partial charge in [0.1, 0.15) is 11.5 Å². The van der Waals surface area contributed by atoms with E-state index in [2.05, 4.69) is 15.5 Å². The molecule has 0 unspecified atom stereocenters. The molecule has 0 saturated carbocycles. The smallest absolute Gasteiger partial charge is 0.230 e. The van der Waals surface area contributed by atoms with E-state index in [0.29, 0.717) is 17.5 Å². The molecular formula is C25H24N4O3S. The third kappa shape index (κ3) is 5.53. The van der Waals surface area contributed by atoms with E-state index in [4.69, 9.17) is 9.47 Å². The van der Waals surface area contributed by atoms with E-state index in [9.17, 15) is 4.79 Å². The van der Waals surface area contributed by atoms with Crippen molar-refractivity contribution in [1.29, 1.82) is 0 Å². The van der Waals surface area contributed by atoms with Crippen LogP contribution in [0.15, 0.2) is 84.0 Å². The van der Waals surface area contributed by atoms with Crippen LogP contribution in [0.3, 0.4) is 0 Å². The number of thioether (sulfide) groups is 1. The predicted octanol–water partition coefficient (Wildman–Crippen LogP) is 4.36. The highest BCUT2D eigenvalue weighted by Gasteiger charge is 2.18. The lowest BCUT2D eigenvalue weighted by molar-refractivity contribution is -0.118. The molecule has 1 aromatic heterocycles. The highest BCUT2D eigenvalue weighted by atomic mass is 32.2. The lowest BCUT2D eigenvalue weighted by atomic mass is 10.2. The third-order valence-electron chi connectivity index (χ3n) is 4.96. The van der Waals surface area contributed by atoms with Gasteiger partial charge in [0.25, 0.3) is 0 Å². The average Bonchev–Trinajstić information content (AvgIpc) is 3.31. The largest absolute Gasteiger partial charge is 0.497 e. The van der Waals surface area contributed by atoms with Gasteiger partial charge >= 0.3 is 0 Å². The summed E-state index contributed by atoms with van der Waals surface area (Å²) in [5.74, 6) is 2.29. The Morgan fingerprint density at radius 2 is 1.67 bits per heavy atom. The summed E-state index contributed by atoms with van der Waals surface area (Å²) in [5, 5.41) is 12.4. The molecule has 0 aliphatic heterocycles. The van der Waals surface area contributed by atoms with Gasteiger partial charge in [0.15, 0.2) is 11.0 Å². The van der Waals surface area contributed by atoms with E-state index in [-0.39, 0.29) is 11.7 Å². The number of carbonyl (C=O) groups excluding carboxylic acids is 1. The number of hydrogen-bond acceptors (Lipinski definition) is 6. The molecule has 1 heterocycles. The molecule has 0 bridgehead atoms. The van der Waals surface area contributed by atoms with Gasteiger partial charge in [0, 0.05) is 17.8 Å². The van der Waals surface area contributed by atoms with Gasteiger partial charge in [-0.15, -0.1) is 10.2 Å². The number of methoxy groups -OCH3 is 2. The number of hydrogen-bond donors (Lipinski definition) is 1. The molecule has 0 fully saturated rings. The van der Waals surface area contributed by atoms with Crippen LogP contribution in [0.5, 0.6) is 11.5 Å². The fourth-order valence-electron chi connectivity index (χ4n) is 3.25. The van der Waals surface area contributed by atoms with Crippen LogP contribution in [-0.2, 0) is 11.3 Å². The van der Waals surface area contributed by atoms with E-state index >= 15 is 0 Å². The van der Waals surface area contributed by atoms with Crippen LogP contribution in [0, 0.1) is 0 Å². The SMILES string of the molecule is COc1ccc(-n2c(SCC(=O)NCc3ccccc3)nnc2-c2cccc(OC)c2)cc1. The van der Waals surface area contributed by atoms with Crippen molar-refractivity contribution in [3.63, 3.8) is 0 Å². The number of rotatable bonds is 9. The number of carbonyl (C=O) groups is 1. The maximum Gasteiger partial charge on any atom is 0.230 e. The van der Waals surface area contributed by atoms with Crippen molar-refractivity contribution in [2.75, 3.05) is 20.0 Å². The van der Waals surface area contributed by atoms with Crippen molar-refractivity contribution in [3.05, 3.63) is 84.4 Å². The Morgan fingerprint density at radius 1 is 0.909 bits per heavy atom. The summed E-state index contributed by atoms with van der Waals surface area (Å²) >= 11 is 1.34. The predicted molar refractivity (Wildman–Crippen MR) is 129 cm³/mol. The van der Waals surface area contributed by atoms with Crippen LogP contribution in [0.2, 0.25) is 0 Å². The zero-order valence-corrected chi connectivity index (χ0v) is 19.2. The van der Waals surface area contributed by atoms with Crippen LogP contribution in [0.4, 0.5) is 0 Å². The minimum absolute atomic E-state index is 0.0731. The van der Waals surface area contributed by atoms with E-state index in [1.165, 1.54) is 11.8 Å². The zero-order chi connectivity index (χ0) is 23.0. The van der Waals surface area contributed by atoms with Crippen molar-refractivity contribution in [3.8, 4) is 28.6 Å². The molecule has 0 aliphatic carbocycles. The summed E-state index contributed by atoms with van der Waals surface area (Å²) < 4.78 is 12.6. The van der Waals surface area contributed by atoms with Gasteiger partial charge in [0.2, 0.25) is 5.91 Å². The molecular weight excluding hydrogens is 436 g/mol. The second-order valence-corrected chi connectivity index (χ2v) is 8.07. The summed E-state index contributed by atoms with van der Waals surface area (Å²) in [7, 11) is 3.26. The number of nitrogens with zero attached hydrogens (tertiary/aromatic N) is 3. The lowest BCUT2D eigenvalue weighted by Gasteiger charge is -2.12. The topological polar surface area (TPSA) is 78.3 Å². The molecule has 8 heteroatoms. The number of aromatic nitrogens is 3. The van der Waals surface area contributed by atoms with Crippen LogP contribution in [0.25, 0.3) is 17.1 Å². The lowest BCUT2D eigenvalue weighted by Crippen LogP contribution is -2.24. The van der Waals surface area contributed by atoms with E-state index in [1.54, 1.807) is 14.2 Å². The van der Waals surface area contributed by atoms with E-state index in [0.717, 1.165) is 28.3 Å². The molecule has 0 atom stereocenters. The normalized spacial score (nSPS) is 10.6. The summed E-state index contributed by atoms with van der Waals surface area (Å²) in [4.78, 5) is 12.5. The Hall–Kier alpha value is -3.78. The van der Waals surface area contributed by atoms with Gasteiger partial charge in [-0.05, 0) is 42.0 Å².